The molecule has 0 radical (unpaired) electrons. The van der Waals surface area contributed by atoms with Gasteiger partial charge in [-0.3, -0.25) is 10.1 Å². The van der Waals surface area contributed by atoms with E-state index in [0.29, 0.717) is 47.6 Å². The van der Waals surface area contributed by atoms with Gasteiger partial charge >= 0.3 is 0 Å². The molecular formula is C21H19ClN8O2. The van der Waals surface area contributed by atoms with E-state index in [0.717, 1.165) is 29.9 Å². The summed E-state index contributed by atoms with van der Waals surface area (Å²) in [6, 6.07) is 11.4. The summed E-state index contributed by atoms with van der Waals surface area (Å²) in [4.78, 5) is 20.3. The minimum Gasteiger partial charge on any atom is -0.432 e. The van der Waals surface area contributed by atoms with Crippen LogP contribution >= 0.6 is 12.4 Å². The molecule has 5 aromatic heterocycles. The van der Waals surface area contributed by atoms with Crippen molar-refractivity contribution in [2.45, 2.75) is 0 Å². The third kappa shape index (κ3) is 3.59. The van der Waals surface area contributed by atoms with Crippen molar-refractivity contribution >= 4 is 52.2 Å². The summed E-state index contributed by atoms with van der Waals surface area (Å²) >= 11 is 0. The monoisotopic (exact) mass is 450 g/mol. The molecule has 6 heterocycles. The second-order valence-corrected chi connectivity index (χ2v) is 7.11. The molecule has 162 valence electrons. The summed E-state index contributed by atoms with van der Waals surface area (Å²) in [5.74, 6) is 1.74. The Kier molecular flexibility index (Phi) is 5.29. The van der Waals surface area contributed by atoms with Crippen molar-refractivity contribution in [3.63, 3.8) is 0 Å². The van der Waals surface area contributed by atoms with Crippen LogP contribution in [0.3, 0.4) is 0 Å². The first kappa shape index (κ1) is 20.2. The van der Waals surface area contributed by atoms with Crippen molar-refractivity contribution in [3.05, 3.63) is 48.8 Å². The van der Waals surface area contributed by atoms with Crippen LogP contribution in [0.4, 0.5) is 17.6 Å². The molecule has 1 saturated heterocycles. The molecule has 32 heavy (non-hydrogen) atoms. The SMILES string of the molecule is Cl.c1ccc(-c2cc(Nc3nc(N4CCOCC4)c4oc5ncccc5c4n3)n[nH]2)nc1. The van der Waals surface area contributed by atoms with Crippen LogP contribution in [-0.4, -0.2) is 56.4 Å². The number of H-pyrrole nitrogens is 1. The number of aromatic nitrogens is 6. The van der Waals surface area contributed by atoms with Crippen LogP contribution in [0.25, 0.3) is 33.6 Å². The van der Waals surface area contributed by atoms with E-state index in [1.54, 1.807) is 12.4 Å². The molecule has 11 heteroatoms. The molecule has 0 atom stereocenters. The molecule has 0 bridgehead atoms. The average molecular weight is 451 g/mol. The van der Waals surface area contributed by atoms with E-state index >= 15 is 0 Å². The molecule has 1 aliphatic heterocycles. The molecule has 0 spiro atoms. The molecule has 5 aromatic rings. The number of furan rings is 1. The molecule has 0 amide bonds. The van der Waals surface area contributed by atoms with Gasteiger partial charge in [-0.05, 0) is 24.3 Å². The Morgan fingerprint density at radius 3 is 2.72 bits per heavy atom. The number of fused-ring (bicyclic) bond motifs is 3. The molecule has 0 unspecified atom stereocenters. The van der Waals surface area contributed by atoms with Gasteiger partial charge in [-0.25, -0.2) is 9.97 Å². The molecule has 1 fully saturated rings. The Morgan fingerprint density at radius 1 is 1.00 bits per heavy atom. The zero-order chi connectivity index (χ0) is 20.6. The lowest BCUT2D eigenvalue weighted by Gasteiger charge is -2.27. The highest BCUT2D eigenvalue weighted by Crippen LogP contribution is 2.33. The summed E-state index contributed by atoms with van der Waals surface area (Å²) in [6.07, 6.45) is 3.45. The van der Waals surface area contributed by atoms with Gasteiger partial charge in [0.2, 0.25) is 11.7 Å². The fourth-order valence-corrected chi connectivity index (χ4v) is 3.66. The molecule has 6 rings (SSSR count). The molecule has 0 aliphatic carbocycles. The number of nitrogens with zero attached hydrogens (tertiary/aromatic N) is 6. The molecule has 10 nitrogen and oxygen atoms in total. The summed E-state index contributed by atoms with van der Waals surface area (Å²) in [6.45, 7) is 2.73. The highest BCUT2D eigenvalue weighted by molar-refractivity contribution is 6.05. The summed E-state index contributed by atoms with van der Waals surface area (Å²) < 4.78 is 11.5. The van der Waals surface area contributed by atoms with Crippen LogP contribution in [0.5, 0.6) is 0 Å². The van der Waals surface area contributed by atoms with E-state index in [9.17, 15) is 0 Å². The third-order valence-electron chi connectivity index (χ3n) is 5.14. The maximum absolute atomic E-state index is 6.03. The first-order valence-electron chi connectivity index (χ1n) is 9.97. The summed E-state index contributed by atoms with van der Waals surface area (Å²) in [5, 5.41) is 11.4. The Labute approximate surface area is 188 Å². The Balaban J connectivity index is 0.00000216. The van der Waals surface area contributed by atoms with Crippen LogP contribution in [0.1, 0.15) is 0 Å². The second-order valence-electron chi connectivity index (χ2n) is 7.11. The standard InChI is InChI=1S/C21H18N8O2.ClH/c1-2-6-22-14(5-1)15-12-16(28-27-15)24-21-25-17-13-4-3-7-23-20(13)31-18(17)19(26-21)29-8-10-30-11-9-29;/h1-7,12H,8-11H2,(H2,24,25,26,27,28);1H. The number of nitrogens with one attached hydrogen (secondary N) is 2. The van der Waals surface area contributed by atoms with Crippen LogP contribution in [0, 0.1) is 0 Å². The van der Waals surface area contributed by atoms with Gasteiger partial charge < -0.3 is 19.4 Å². The zero-order valence-corrected chi connectivity index (χ0v) is 17.7. The molecule has 0 saturated carbocycles. The molecule has 1 aliphatic rings. The van der Waals surface area contributed by atoms with E-state index < -0.39 is 0 Å². The number of hydrogen-bond acceptors (Lipinski definition) is 9. The fourth-order valence-electron chi connectivity index (χ4n) is 3.66. The van der Waals surface area contributed by atoms with Gasteiger partial charge in [-0.1, -0.05) is 6.07 Å². The average Bonchev–Trinajstić information content (AvgIpc) is 3.45. The van der Waals surface area contributed by atoms with Gasteiger partial charge in [-0.2, -0.15) is 10.1 Å². The van der Waals surface area contributed by atoms with Gasteiger partial charge in [0.25, 0.3) is 0 Å². The van der Waals surface area contributed by atoms with E-state index in [4.69, 9.17) is 19.1 Å². The third-order valence-corrected chi connectivity index (χ3v) is 5.14. The van der Waals surface area contributed by atoms with Crippen molar-refractivity contribution < 1.29 is 9.15 Å². The Morgan fingerprint density at radius 2 is 1.88 bits per heavy atom. The summed E-state index contributed by atoms with van der Waals surface area (Å²) in [7, 11) is 0. The van der Waals surface area contributed by atoms with Gasteiger partial charge in [0.15, 0.2) is 17.2 Å². The number of anilines is 3. The maximum Gasteiger partial charge on any atom is 0.231 e. The maximum atomic E-state index is 6.03. The van der Waals surface area contributed by atoms with Gasteiger partial charge in [0.05, 0.1) is 30.0 Å². The van der Waals surface area contributed by atoms with Crippen molar-refractivity contribution in [2.75, 3.05) is 36.5 Å². The highest BCUT2D eigenvalue weighted by atomic mass is 35.5. The minimum absolute atomic E-state index is 0. The number of morpholine rings is 1. The number of ether oxygens (including phenoxy) is 1. The van der Waals surface area contributed by atoms with Gasteiger partial charge in [-0.15, -0.1) is 12.4 Å². The van der Waals surface area contributed by atoms with Gasteiger partial charge in [0.1, 0.15) is 5.52 Å². The van der Waals surface area contributed by atoms with Crippen molar-refractivity contribution in [2.24, 2.45) is 0 Å². The first-order valence-corrected chi connectivity index (χ1v) is 9.97. The van der Waals surface area contributed by atoms with E-state index in [2.05, 4.69) is 30.4 Å². The Hall–Kier alpha value is -3.76. The number of rotatable bonds is 4. The summed E-state index contributed by atoms with van der Waals surface area (Å²) in [5.41, 5.74) is 3.48. The van der Waals surface area contributed by atoms with Crippen LogP contribution in [0.15, 0.2) is 53.2 Å². The lowest BCUT2D eigenvalue weighted by atomic mass is 10.3. The molecule has 2 N–H and O–H groups in total. The van der Waals surface area contributed by atoms with Crippen molar-refractivity contribution in [1.82, 2.24) is 30.1 Å². The number of hydrogen-bond donors (Lipinski definition) is 2. The lowest BCUT2D eigenvalue weighted by molar-refractivity contribution is 0.122. The van der Waals surface area contributed by atoms with E-state index in [1.807, 2.05) is 36.4 Å². The molecule has 0 aromatic carbocycles. The fraction of sp³-hybridized carbons (Fsp3) is 0.190. The van der Waals surface area contributed by atoms with Crippen LogP contribution in [0.2, 0.25) is 0 Å². The minimum atomic E-state index is 0. The highest BCUT2D eigenvalue weighted by Gasteiger charge is 2.22. The van der Waals surface area contributed by atoms with Crippen molar-refractivity contribution in [1.29, 1.82) is 0 Å². The predicted molar refractivity (Wildman–Crippen MR) is 122 cm³/mol. The van der Waals surface area contributed by atoms with E-state index in [-0.39, 0.29) is 12.4 Å². The van der Waals surface area contributed by atoms with Crippen LogP contribution in [-0.2, 0) is 4.74 Å². The number of aromatic amines is 1. The number of halogens is 1. The Bertz CT molecular complexity index is 1360. The molecular weight excluding hydrogens is 432 g/mol. The normalized spacial score (nSPS) is 13.9. The predicted octanol–water partition coefficient (Wildman–Crippen LogP) is 3.56. The zero-order valence-electron chi connectivity index (χ0n) is 16.9. The number of pyridine rings is 2. The van der Waals surface area contributed by atoms with Crippen molar-refractivity contribution in [3.8, 4) is 11.4 Å². The largest absolute Gasteiger partial charge is 0.432 e. The topological polar surface area (TPSA) is 118 Å². The van der Waals surface area contributed by atoms with Gasteiger partial charge in [0, 0.05) is 31.5 Å². The smallest absolute Gasteiger partial charge is 0.231 e. The first-order chi connectivity index (χ1) is 15.3. The lowest BCUT2D eigenvalue weighted by Crippen LogP contribution is -2.37. The van der Waals surface area contributed by atoms with Crippen LogP contribution < -0.4 is 10.2 Å². The quantitative estimate of drug-likeness (QED) is 0.423. The van der Waals surface area contributed by atoms with E-state index in [1.165, 1.54) is 0 Å². The second kappa shape index (κ2) is 8.40.